The Morgan fingerprint density at radius 3 is 2.56 bits per heavy atom. The third kappa shape index (κ3) is 2.67. The second-order valence-electron chi connectivity index (χ2n) is 4.44. The van der Waals surface area contributed by atoms with Gasteiger partial charge in [-0.3, -0.25) is 0 Å². The zero-order chi connectivity index (χ0) is 13.1. The van der Waals surface area contributed by atoms with Crippen LogP contribution >= 0.6 is 15.9 Å². The van der Waals surface area contributed by atoms with E-state index in [2.05, 4.69) is 59.1 Å². The maximum atomic E-state index is 5.95. The summed E-state index contributed by atoms with van der Waals surface area (Å²) in [6.45, 7) is 2.91. The van der Waals surface area contributed by atoms with Crippen LogP contribution in [-0.4, -0.2) is 7.05 Å². The second kappa shape index (κ2) is 5.44. The third-order valence-electron chi connectivity index (χ3n) is 3.12. The zero-order valence-electron chi connectivity index (χ0n) is 10.7. The number of anilines is 2. The van der Waals surface area contributed by atoms with Crippen molar-refractivity contribution in [3.63, 3.8) is 0 Å². The molecule has 3 heteroatoms. The maximum Gasteiger partial charge on any atom is 0.0437 e. The Balaban J connectivity index is 2.25. The quantitative estimate of drug-likeness (QED) is 0.869. The molecule has 0 spiro atoms. The van der Waals surface area contributed by atoms with Crippen LogP contribution in [-0.2, 0) is 6.54 Å². The van der Waals surface area contributed by atoms with Gasteiger partial charge in [-0.1, -0.05) is 40.2 Å². The molecule has 0 atom stereocenters. The Morgan fingerprint density at radius 2 is 1.83 bits per heavy atom. The largest absolute Gasteiger partial charge is 0.398 e. The molecule has 2 aromatic rings. The van der Waals surface area contributed by atoms with Crippen molar-refractivity contribution in [1.82, 2.24) is 0 Å². The lowest BCUT2D eigenvalue weighted by atomic mass is 10.1. The van der Waals surface area contributed by atoms with E-state index < -0.39 is 0 Å². The molecule has 0 fully saturated rings. The van der Waals surface area contributed by atoms with Crippen molar-refractivity contribution in [2.45, 2.75) is 13.5 Å². The molecule has 0 radical (unpaired) electrons. The maximum absolute atomic E-state index is 5.95. The van der Waals surface area contributed by atoms with Gasteiger partial charge in [0, 0.05) is 29.4 Å². The number of nitrogen functional groups attached to an aromatic ring is 1. The molecule has 0 heterocycles. The van der Waals surface area contributed by atoms with Gasteiger partial charge in [0.15, 0.2) is 0 Å². The molecule has 2 N–H and O–H groups in total. The Labute approximate surface area is 117 Å². The lowest BCUT2D eigenvalue weighted by Gasteiger charge is -2.22. The topological polar surface area (TPSA) is 29.3 Å². The SMILES string of the molecule is Cc1c(N)cccc1N(C)Cc1ccccc1Br. The molecule has 0 aliphatic rings. The van der Waals surface area contributed by atoms with Gasteiger partial charge in [-0.15, -0.1) is 0 Å². The number of rotatable bonds is 3. The highest BCUT2D eigenvalue weighted by Crippen LogP contribution is 2.26. The number of hydrogen-bond donors (Lipinski definition) is 1. The minimum absolute atomic E-state index is 0.839. The summed E-state index contributed by atoms with van der Waals surface area (Å²) in [5, 5.41) is 0. The summed E-state index contributed by atoms with van der Waals surface area (Å²) in [7, 11) is 2.08. The van der Waals surface area contributed by atoms with Crippen LogP contribution in [0, 0.1) is 6.92 Å². The molecule has 18 heavy (non-hydrogen) atoms. The molecule has 0 aromatic heterocycles. The molecule has 0 amide bonds. The van der Waals surface area contributed by atoms with Crippen molar-refractivity contribution < 1.29 is 0 Å². The zero-order valence-corrected chi connectivity index (χ0v) is 12.2. The van der Waals surface area contributed by atoms with Gasteiger partial charge in [0.05, 0.1) is 0 Å². The first-order valence-electron chi connectivity index (χ1n) is 5.89. The van der Waals surface area contributed by atoms with E-state index in [1.165, 1.54) is 11.3 Å². The van der Waals surface area contributed by atoms with Crippen molar-refractivity contribution in [3.05, 3.63) is 58.1 Å². The van der Waals surface area contributed by atoms with Gasteiger partial charge in [0.2, 0.25) is 0 Å². The molecule has 94 valence electrons. The van der Waals surface area contributed by atoms with Crippen molar-refractivity contribution in [2.24, 2.45) is 0 Å². The molecule has 0 aliphatic heterocycles. The van der Waals surface area contributed by atoms with Gasteiger partial charge in [0.25, 0.3) is 0 Å². The molecule has 0 aliphatic carbocycles. The van der Waals surface area contributed by atoms with E-state index in [4.69, 9.17) is 5.73 Å². The third-order valence-corrected chi connectivity index (χ3v) is 3.90. The van der Waals surface area contributed by atoms with Crippen LogP contribution in [0.25, 0.3) is 0 Å². The molecule has 2 rings (SSSR count). The summed E-state index contributed by atoms with van der Waals surface area (Å²) in [4.78, 5) is 2.21. The van der Waals surface area contributed by atoms with E-state index in [1.54, 1.807) is 0 Å². The van der Waals surface area contributed by atoms with Crippen LogP contribution in [0.1, 0.15) is 11.1 Å². The Morgan fingerprint density at radius 1 is 1.11 bits per heavy atom. The number of benzene rings is 2. The van der Waals surface area contributed by atoms with Crippen molar-refractivity contribution in [3.8, 4) is 0 Å². The minimum Gasteiger partial charge on any atom is -0.398 e. The van der Waals surface area contributed by atoms with E-state index in [0.717, 1.165) is 22.3 Å². The van der Waals surface area contributed by atoms with Gasteiger partial charge >= 0.3 is 0 Å². The molecule has 0 unspecified atom stereocenters. The molecule has 2 nitrogen and oxygen atoms in total. The molecule has 2 aromatic carbocycles. The predicted octanol–water partition coefficient (Wildman–Crippen LogP) is 3.98. The first-order valence-corrected chi connectivity index (χ1v) is 6.68. The Bertz CT molecular complexity index is 552. The van der Waals surface area contributed by atoms with E-state index in [0.29, 0.717) is 0 Å². The fourth-order valence-corrected chi connectivity index (χ4v) is 2.43. The Kier molecular flexibility index (Phi) is 3.92. The summed E-state index contributed by atoms with van der Waals surface area (Å²) < 4.78 is 1.14. The average Bonchev–Trinajstić information content (AvgIpc) is 2.35. The van der Waals surface area contributed by atoms with E-state index >= 15 is 0 Å². The normalized spacial score (nSPS) is 10.4. The van der Waals surface area contributed by atoms with Crippen LogP contribution in [0.4, 0.5) is 11.4 Å². The molecule has 0 saturated carbocycles. The van der Waals surface area contributed by atoms with Gasteiger partial charge in [-0.25, -0.2) is 0 Å². The van der Waals surface area contributed by atoms with Crippen molar-refractivity contribution in [2.75, 3.05) is 17.7 Å². The highest BCUT2D eigenvalue weighted by Gasteiger charge is 2.08. The second-order valence-corrected chi connectivity index (χ2v) is 5.29. The van der Waals surface area contributed by atoms with Gasteiger partial charge in [-0.2, -0.15) is 0 Å². The van der Waals surface area contributed by atoms with Gasteiger partial charge < -0.3 is 10.6 Å². The highest BCUT2D eigenvalue weighted by atomic mass is 79.9. The average molecular weight is 305 g/mol. The number of nitrogens with two attached hydrogens (primary N) is 1. The van der Waals surface area contributed by atoms with E-state index in [1.807, 2.05) is 18.2 Å². The van der Waals surface area contributed by atoms with Crippen molar-refractivity contribution >= 4 is 27.3 Å². The summed E-state index contributed by atoms with van der Waals surface area (Å²) >= 11 is 3.58. The van der Waals surface area contributed by atoms with Gasteiger partial charge in [0.1, 0.15) is 0 Å². The minimum atomic E-state index is 0.839. The van der Waals surface area contributed by atoms with Gasteiger partial charge in [-0.05, 0) is 36.2 Å². The monoisotopic (exact) mass is 304 g/mol. The smallest absolute Gasteiger partial charge is 0.0437 e. The molecular weight excluding hydrogens is 288 g/mol. The summed E-state index contributed by atoms with van der Waals surface area (Å²) in [5.41, 5.74) is 10.4. The van der Waals surface area contributed by atoms with Crippen LogP contribution in [0.15, 0.2) is 46.9 Å². The lowest BCUT2D eigenvalue weighted by Crippen LogP contribution is -2.18. The van der Waals surface area contributed by atoms with E-state index in [9.17, 15) is 0 Å². The predicted molar refractivity (Wildman–Crippen MR) is 81.8 cm³/mol. The van der Waals surface area contributed by atoms with E-state index in [-0.39, 0.29) is 0 Å². The number of hydrogen-bond acceptors (Lipinski definition) is 2. The molecule has 0 saturated heterocycles. The summed E-state index contributed by atoms with van der Waals surface area (Å²) in [6, 6.07) is 14.3. The van der Waals surface area contributed by atoms with Crippen LogP contribution in [0.5, 0.6) is 0 Å². The van der Waals surface area contributed by atoms with Crippen molar-refractivity contribution in [1.29, 1.82) is 0 Å². The fourth-order valence-electron chi connectivity index (χ4n) is 2.02. The van der Waals surface area contributed by atoms with Crippen LogP contribution in [0.3, 0.4) is 0 Å². The molecule has 0 bridgehead atoms. The fraction of sp³-hybridized carbons (Fsp3) is 0.200. The Hall–Kier alpha value is -1.48. The summed E-state index contributed by atoms with van der Waals surface area (Å²) in [6.07, 6.45) is 0. The van der Waals surface area contributed by atoms with Crippen LogP contribution < -0.4 is 10.6 Å². The lowest BCUT2D eigenvalue weighted by molar-refractivity contribution is 0.913. The highest BCUT2D eigenvalue weighted by molar-refractivity contribution is 9.10. The summed E-state index contributed by atoms with van der Waals surface area (Å²) in [5.74, 6) is 0. The number of nitrogens with zero attached hydrogens (tertiary/aromatic N) is 1. The first-order chi connectivity index (χ1) is 8.59. The standard InChI is InChI=1S/C15H17BrN2/c1-11-14(17)8-5-9-15(11)18(2)10-12-6-3-4-7-13(12)16/h3-9H,10,17H2,1-2H3. The van der Waals surface area contributed by atoms with Crippen LogP contribution in [0.2, 0.25) is 0 Å². The first kappa shape index (κ1) is 13.0. The number of halogens is 1. The molecular formula is C15H17BrN2.